The molecular weight excluding hydrogens is 277 g/mol. The van der Waals surface area contributed by atoms with Crippen LogP contribution in [-0.2, 0) is 0 Å². The highest BCUT2D eigenvalue weighted by Crippen LogP contribution is 2.16. The highest BCUT2D eigenvalue weighted by molar-refractivity contribution is 7.80. The second-order valence-electron chi connectivity index (χ2n) is 4.02. The number of nitrogens with two attached hydrogens (primary N) is 1. The van der Waals surface area contributed by atoms with Gasteiger partial charge in [-0.3, -0.25) is 0 Å². The molecule has 2 aromatic carbocycles. The molecule has 104 valence electrons. The SMILES string of the molecule is NC(=S)c1ccc(OCCOc2ccccc2)cc1F. The van der Waals surface area contributed by atoms with Gasteiger partial charge in [-0.25, -0.2) is 4.39 Å². The van der Waals surface area contributed by atoms with Gasteiger partial charge in [-0.2, -0.15) is 0 Å². The first kappa shape index (κ1) is 14.3. The number of ether oxygens (including phenoxy) is 2. The van der Waals surface area contributed by atoms with Gasteiger partial charge in [0.25, 0.3) is 0 Å². The molecule has 0 heterocycles. The van der Waals surface area contributed by atoms with E-state index < -0.39 is 5.82 Å². The van der Waals surface area contributed by atoms with E-state index in [1.165, 1.54) is 12.1 Å². The fourth-order valence-corrected chi connectivity index (χ4v) is 1.79. The number of thiocarbonyl (C=S) groups is 1. The largest absolute Gasteiger partial charge is 0.490 e. The predicted molar refractivity (Wildman–Crippen MR) is 79.7 cm³/mol. The Kier molecular flexibility index (Phi) is 4.90. The van der Waals surface area contributed by atoms with E-state index in [0.717, 1.165) is 5.75 Å². The van der Waals surface area contributed by atoms with E-state index in [4.69, 9.17) is 27.4 Å². The maximum absolute atomic E-state index is 13.6. The monoisotopic (exact) mass is 291 g/mol. The van der Waals surface area contributed by atoms with Crippen molar-refractivity contribution in [2.45, 2.75) is 0 Å². The van der Waals surface area contributed by atoms with E-state index in [2.05, 4.69) is 0 Å². The van der Waals surface area contributed by atoms with E-state index in [-0.39, 0.29) is 10.6 Å². The molecule has 0 unspecified atom stereocenters. The van der Waals surface area contributed by atoms with E-state index in [1.54, 1.807) is 6.07 Å². The molecule has 0 amide bonds. The van der Waals surface area contributed by atoms with E-state index in [9.17, 15) is 4.39 Å². The fraction of sp³-hybridized carbons (Fsp3) is 0.133. The van der Waals surface area contributed by atoms with E-state index in [0.29, 0.717) is 19.0 Å². The van der Waals surface area contributed by atoms with Gasteiger partial charge in [0.2, 0.25) is 0 Å². The highest BCUT2D eigenvalue weighted by Gasteiger charge is 2.06. The molecule has 0 aromatic heterocycles. The van der Waals surface area contributed by atoms with Crippen LogP contribution in [-0.4, -0.2) is 18.2 Å². The molecule has 0 aliphatic rings. The summed E-state index contributed by atoms with van der Waals surface area (Å²) < 4.78 is 24.5. The van der Waals surface area contributed by atoms with Crippen LogP contribution >= 0.6 is 12.2 Å². The Hall–Kier alpha value is -2.14. The van der Waals surface area contributed by atoms with Crippen LogP contribution in [0.3, 0.4) is 0 Å². The molecule has 0 aliphatic carbocycles. The third-order valence-corrected chi connectivity index (χ3v) is 2.79. The van der Waals surface area contributed by atoms with Crippen LogP contribution in [0.15, 0.2) is 48.5 Å². The minimum absolute atomic E-state index is 0.0291. The number of halogens is 1. The molecule has 0 aliphatic heterocycles. The van der Waals surface area contributed by atoms with Gasteiger partial charge in [-0.05, 0) is 24.3 Å². The Morgan fingerprint density at radius 1 is 1.00 bits per heavy atom. The maximum atomic E-state index is 13.6. The Balaban J connectivity index is 1.83. The number of hydrogen-bond donors (Lipinski definition) is 1. The lowest BCUT2D eigenvalue weighted by atomic mass is 10.2. The summed E-state index contributed by atoms with van der Waals surface area (Å²) in [6.45, 7) is 0.698. The smallest absolute Gasteiger partial charge is 0.137 e. The molecule has 20 heavy (non-hydrogen) atoms. The highest BCUT2D eigenvalue weighted by atomic mass is 32.1. The number of rotatable bonds is 6. The molecule has 0 fully saturated rings. The Morgan fingerprint density at radius 2 is 1.65 bits per heavy atom. The molecule has 3 nitrogen and oxygen atoms in total. The summed E-state index contributed by atoms with van der Waals surface area (Å²) in [6, 6.07) is 13.8. The first-order chi connectivity index (χ1) is 9.66. The van der Waals surface area contributed by atoms with Crippen molar-refractivity contribution in [3.05, 3.63) is 59.9 Å². The van der Waals surface area contributed by atoms with Crippen LogP contribution in [0.2, 0.25) is 0 Å². The fourth-order valence-electron chi connectivity index (χ4n) is 1.62. The average Bonchev–Trinajstić information content (AvgIpc) is 2.44. The molecule has 0 bridgehead atoms. The zero-order chi connectivity index (χ0) is 14.4. The quantitative estimate of drug-likeness (QED) is 0.656. The number of hydrogen-bond acceptors (Lipinski definition) is 3. The minimum Gasteiger partial charge on any atom is -0.490 e. The Morgan fingerprint density at radius 3 is 2.25 bits per heavy atom. The molecule has 0 spiro atoms. The van der Waals surface area contributed by atoms with Crippen molar-refractivity contribution in [2.24, 2.45) is 5.73 Å². The van der Waals surface area contributed by atoms with Crippen molar-refractivity contribution >= 4 is 17.2 Å². The van der Waals surface area contributed by atoms with Crippen molar-refractivity contribution in [2.75, 3.05) is 13.2 Å². The van der Waals surface area contributed by atoms with E-state index >= 15 is 0 Å². The van der Waals surface area contributed by atoms with Gasteiger partial charge in [0.15, 0.2) is 0 Å². The molecule has 2 N–H and O–H groups in total. The van der Waals surface area contributed by atoms with Gasteiger partial charge in [-0.1, -0.05) is 30.4 Å². The minimum atomic E-state index is -0.487. The molecule has 0 atom stereocenters. The molecule has 0 saturated heterocycles. The summed E-state index contributed by atoms with van der Waals surface area (Å²) in [4.78, 5) is 0.0291. The lowest BCUT2D eigenvalue weighted by Crippen LogP contribution is -2.12. The average molecular weight is 291 g/mol. The molecule has 5 heteroatoms. The molecule has 2 aromatic rings. The molecular formula is C15H14FNO2S. The van der Waals surface area contributed by atoms with Crippen LogP contribution in [0.5, 0.6) is 11.5 Å². The van der Waals surface area contributed by atoms with Crippen molar-refractivity contribution in [1.82, 2.24) is 0 Å². The Bertz CT molecular complexity index is 590. The Labute approximate surface area is 122 Å². The lowest BCUT2D eigenvalue weighted by Gasteiger charge is -2.09. The van der Waals surface area contributed by atoms with Crippen molar-refractivity contribution < 1.29 is 13.9 Å². The maximum Gasteiger partial charge on any atom is 0.137 e. The normalized spacial score (nSPS) is 10.1. The first-order valence-corrected chi connectivity index (χ1v) is 6.47. The zero-order valence-electron chi connectivity index (χ0n) is 10.7. The molecule has 0 saturated carbocycles. The van der Waals surface area contributed by atoms with Gasteiger partial charge in [0, 0.05) is 11.6 Å². The summed E-state index contributed by atoms with van der Waals surface area (Å²) >= 11 is 4.73. The van der Waals surface area contributed by atoms with E-state index in [1.807, 2.05) is 30.3 Å². The second kappa shape index (κ2) is 6.86. The summed E-state index contributed by atoms with van der Waals surface area (Å²) in [7, 11) is 0. The number of benzene rings is 2. The van der Waals surface area contributed by atoms with Crippen LogP contribution in [0.25, 0.3) is 0 Å². The van der Waals surface area contributed by atoms with Crippen molar-refractivity contribution in [3.63, 3.8) is 0 Å². The lowest BCUT2D eigenvalue weighted by molar-refractivity contribution is 0.216. The van der Waals surface area contributed by atoms with Gasteiger partial charge >= 0.3 is 0 Å². The summed E-state index contributed by atoms with van der Waals surface area (Å²) in [6.07, 6.45) is 0. The molecule has 0 radical (unpaired) electrons. The van der Waals surface area contributed by atoms with Crippen LogP contribution in [0.1, 0.15) is 5.56 Å². The van der Waals surface area contributed by atoms with Crippen LogP contribution in [0.4, 0.5) is 4.39 Å². The summed E-state index contributed by atoms with van der Waals surface area (Å²) in [5, 5.41) is 0. The van der Waals surface area contributed by atoms with Gasteiger partial charge in [0.05, 0.1) is 0 Å². The van der Waals surface area contributed by atoms with Crippen molar-refractivity contribution in [1.29, 1.82) is 0 Å². The third-order valence-electron chi connectivity index (χ3n) is 2.57. The summed E-state index contributed by atoms with van der Waals surface area (Å²) in [5.74, 6) is 0.698. The zero-order valence-corrected chi connectivity index (χ0v) is 11.5. The third kappa shape index (κ3) is 3.93. The van der Waals surface area contributed by atoms with Crippen molar-refractivity contribution in [3.8, 4) is 11.5 Å². The standard InChI is InChI=1S/C15H14FNO2S/c16-14-10-12(6-7-13(14)15(17)20)19-9-8-18-11-4-2-1-3-5-11/h1-7,10H,8-9H2,(H2,17,20). The topological polar surface area (TPSA) is 44.5 Å². The van der Waals surface area contributed by atoms with Crippen LogP contribution in [0, 0.1) is 5.82 Å². The molecule has 2 rings (SSSR count). The number of para-hydroxylation sites is 1. The van der Waals surface area contributed by atoms with Gasteiger partial charge in [0.1, 0.15) is 35.5 Å². The summed E-state index contributed by atoms with van der Waals surface area (Å²) in [5.41, 5.74) is 5.60. The van der Waals surface area contributed by atoms with Gasteiger partial charge in [-0.15, -0.1) is 0 Å². The van der Waals surface area contributed by atoms with Gasteiger partial charge < -0.3 is 15.2 Å². The van der Waals surface area contributed by atoms with Crippen LogP contribution < -0.4 is 15.2 Å². The predicted octanol–water partition coefficient (Wildman–Crippen LogP) is 2.92. The first-order valence-electron chi connectivity index (χ1n) is 6.07. The second-order valence-corrected chi connectivity index (χ2v) is 4.46.